The summed E-state index contributed by atoms with van der Waals surface area (Å²) >= 11 is 0. The molecule has 2 nitrogen and oxygen atoms in total. The first-order chi connectivity index (χ1) is 7.33. The molecule has 0 radical (unpaired) electrons. The molecule has 74 valence electrons. The maximum absolute atomic E-state index is 8.70. The topological polar surface area (TPSA) is 39.6 Å². The molecule has 2 rings (SSSR count). The Balaban J connectivity index is 2.33. The van der Waals surface area contributed by atoms with Crippen molar-refractivity contribution in [3.05, 3.63) is 47.8 Å². The largest absolute Gasteiger partial charge is 0.353 e. The predicted molar refractivity (Wildman–Crippen MR) is 60.3 cm³/mol. The van der Waals surface area contributed by atoms with Crippen molar-refractivity contribution in [1.29, 1.82) is 5.26 Å². The van der Waals surface area contributed by atoms with E-state index in [9.17, 15) is 0 Å². The second-order valence-electron chi connectivity index (χ2n) is 3.46. The molecule has 0 aliphatic carbocycles. The SMILES string of the molecule is CCc1ccc(-c2c[nH]c(C#N)c2)cc1. The Morgan fingerprint density at radius 2 is 1.93 bits per heavy atom. The third-order valence-corrected chi connectivity index (χ3v) is 2.50. The van der Waals surface area contributed by atoms with Crippen LogP contribution in [0.4, 0.5) is 0 Å². The monoisotopic (exact) mass is 196 g/mol. The molecule has 2 heteroatoms. The number of aryl methyl sites for hydroxylation is 1. The highest BCUT2D eigenvalue weighted by Crippen LogP contribution is 2.20. The Morgan fingerprint density at radius 1 is 1.20 bits per heavy atom. The smallest absolute Gasteiger partial charge is 0.118 e. The highest BCUT2D eigenvalue weighted by Gasteiger charge is 2.00. The van der Waals surface area contributed by atoms with Crippen molar-refractivity contribution in [1.82, 2.24) is 4.98 Å². The van der Waals surface area contributed by atoms with Crippen molar-refractivity contribution in [2.24, 2.45) is 0 Å². The van der Waals surface area contributed by atoms with Crippen LogP contribution in [0.2, 0.25) is 0 Å². The van der Waals surface area contributed by atoms with Crippen LogP contribution < -0.4 is 0 Å². The van der Waals surface area contributed by atoms with Crippen molar-refractivity contribution >= 4 is 0 Å². The van der Waals surface area contributed by atoms with Crippen LogP contribution >= 0.6 is 0 Å². The molecule has 0 saturated carbocycles. The summed E-state index contributed by atoms with van der Waals surface area (Å²) in [5, 5.41) is 8.70. The first-order valence-electron chi connectivity index (χ1n) is 5.01. The standard InChI is InChI=1S/C13H12N2/c1-2-10-3-5-11(6-4-10)12-7-13(8-14)15-9-12/h3-7,9,15H,2H2,1H3. The van der Waals surface area contributed by atoms with Gasteiger partial charge in [-0.2, -0.15) is 5.26 Å². The molecule has 1 aromatic heterocycles. The first-order valence-corrected chi connectivity index (χ1v) is 5.01. The summed E-state index contributed by atoms with van der Waals surface area (Å²) in [6.45, 7) is 2.14. The van der Waals surface area contributed by atoms with E-state index in [4.69, 9.17) is 5.26 Å². The Morgan fingerprint density at radius 3 is 2.47 bits per heavy atom. The van der Waals surface area contributed by atoms with Gasteiger partial charge in [0.1, 0.15) is 11.8 Å². The van der Waals surface area contributed by atoms with Gasteiger partial charge in [-0.05, 0) is 23.6 Å². The van der Waals surface area contributed by atoms with Gasteiger partial charge in [0.25, 0.3) is 0 Å². The van der Waals surface area contributed by atoms with E-state index in [-0.39, 0.29) is 0 Å². The summed E-state index contributed by atoms with van der Waals surface area (Å²) in [5.74, 6) is 0. The minimum atomic E-state index is 0.601. The lowest BCUT2D eigenvalue weighted by Crippen LogP contribution is -1.79. The van der Waals surface area contributed by atoms with Crippen molar-refractivity contribution in [2.45, 2.75) is 13.3 Å². The van der Waals surface area contributed by atoms with Crippen LogP contribution in [0.1, 0.15) is 18.2 Å². The van der Waals surface area contributed by atoms with Gasteiger partial charge in [-0.3, -0.25) is 0 Å². The molecular formula is C13H12N2. The Bertz CT molecular complexity index is 486. The summed E-state index contributed by atoms with van der Waals surface area (Å²) in [6.07, 6.45) is 2.91. The number of benzene rings is 1. The molecule has 0 fully saturated rings. The molecule has 1 N–H and O–H groups in total. The summed E-state index contributed by atoms with van der Waals surface area (Å²) in [4.78, 5) is 2.92. The highest BCUT2D eigenvalue weighted by molar-refractivity contribution is 5.64. The van der Waals surface area contributed by atoms with Crippen LogP contribution in [-0.4, -0.2) is 4.98 Å². The van der Waals surface area contributed by atoms with Gasteiger partial charge in [0, 0.05) is 11.8 Å². The maximum Gasteiger partial charge on any atom is 0.118 e. The molecule has 1 heterocycles. The number of nitriles is 1. The van der Waals surface area contributed by atoms with Crippen LogP contribution in [0.25, 0.3) is 11.1 Å². The van der Waals surface area contributed by atoms with Gasteiger partial charge in [0.2, 0.25) is 0 Å². The molecular weight excluding hydrogens is 184 g/mol. The van der Waals surface area contributed by atoms with E-state index >= 15 is 0 Å². The van der Waals surface area contributed by atoms with E-state index in [1.165, 1.54) is 5.56 Å². The lowest BCUT2D eigenvalue weighted by molar-refractivity contribution is 1.14. The Kier molecular flexibility index (Phi) is 2.55. The molecule has 0 atom stereocenters. The molecule has 15 heavy (non-hydrogen) atoms. The van der Waals surface area contributed by atoms with Crippen molar-refractivity contribution in [3.63, 3.8) is 0 Å². The highest BCUT2D eigenvalue weighted by atomic mass is 14.7. The van der Waals surface area contributed by atoms with E-state index < -0.39 is 0 Å². The molecule has 0 amide bonds. The molecule has 0 unspecified atom stereocenters. The first kappa shape index (κ1) is 9.54. The number of nitrogens with one attached hydrogen (secondary N) is 1. The molecule has 2 aromatic rings. The van der Waals surface area contributed by atoms with Crippen LogP contribution in [-0.2, 0) is 6.42 Å². The van der Waals surface area contributed by atoms with E-state index in [0.717, 1.165) is 17.5 Å². The molecule has 0 aliphatic heterocycles. The fourth-order valence-corrected chi connectivity index (χ4v) is 1.56. The van der Waals surface area contributed by atoms with Gasteiger partial charge in [0.15, 0.2) is 0 Å². The number of aromatic amines is 1. The summed E-state index contributed by atoms with van der Waals surface area (Å²) in [5.41, 5.74) is 4.14. The average Bonchev–Trinajstić information content (AvgIpc) is 2.78. The van der Waals surface area contributed by atoms with Crippen LogP contribution in [0, 0.1) is 11.3 Å². The third-order valence-electron chi connectivity index (χ3n) is 2.50. The van der Waals surface area contributed by atoms with Gasteiger partial charge < -0.3 is 4.98 Å². The second-order valence-corrected chi connectivity index (χ2v) is 3.46. The van der Waals surface area contributed by atoms with E-state index in [1.54, 1.807) is 0 Å². The summed E-state index contributed by atoms with van der Waals surface area (Å²) in [6, 6.07) is 12.4. The third kappa shape index (κ3) is 1.92. The van der Waals surface area contributed by atoms with Crippen molar-refractivity contribution in [2.75, 3.05) is 0 Å². The maximum atomic E-state index is 8.70. The molecule has 0 aliphatic rings. The van der Waals surface area contributed by atoms with Gasteiger partial charge in [-0.15, -0.1) is 0 Å². The second kappa shape index (κ2) is 4.02. The molecule has 1 aromatic carbocycles. The fourth-order valence-electron chi connectivity index (χ4n) is 1.56. The zero-order valence-electron chi connectivity index (χ0n) is 8.62. The summed E-state index contributed by atoms with van der Waals surface area (Å²) < 4.78 is 0. The van der Waals surface area contributed by atoms with Gasteiger partial charge in [-0.1, -0.05) is 31.2 Å². The van der Waals surface area contributed by atoms with Gasteiger partial charge in [-0.25, -0.2) is 0 Å². The zero-order valence-corrected chi connectivity index (χ0v) is 8.62. The number of rotatable bonds is 2. The van der Waals surface area contributed by atoms with E-state index in [1.807, 2.05) is 12.3 Å². The average molecular weight is 196 g/mol. The number of nitrogens with zero attached hydrogens (tertiary/aromatic N) is 1. The van der Waals surface area contributed by atoms with Crippen molar-refractivity contribution < 1.29 is 0 Å². The lowest BCUT2D eigenvalue weighted by atomic mass is 10.1. The van der Waals surface area contributed by atoms with E-state index in [0.29, 0.717) is 5.69 Å². The predicted octanol–water partition coefficient (Wildman–Crippen LogP) is 3.12. The number of aromatic nitrogens is 1. The molecule has 0 spiro atoms. The molecule has 0 bridgehead atoms. The number of hydrogen-bond donors (Lipinski definition) is 1. The minimum absolute atomic E-state index is 0.601. The van der Waals surface area contributed by atoms with Crippen LogP contribution in [0.15, 0.2) is 36.5 Å². The van der Waals surface area contributed by atoms with E-state index in [2.05, 4.69) is 42.2 Å². The Labute approximate surface area is 89.2 Å². The normalized spacial score (nSPS) is 9.87. The summed E-state index contributed by atoms with van der Waals surface area (Å²) in [7, 11) is 0. The minimum Gasteiger partial charge on any atom is -0.353 e. The fraction of sp³-hybridized carbons (Fsp3) is 0.154. The lowest BCUT2D eigenvalue weighted by Gasteiger charge is -1.99. The van der Waals surface area contributed by atoms with Crippen LogP contribution in [0.5, 0.6) is 0 Å². The number of H-pyrrole nitrogens is 1. The van der Waals surface area contributed by atoms with Gasteiger partial charge >= 0.3 is 0 Å². The van der Waals surface area contributed by atoms with Gasteiger partial charge in [0.05, 0.1) is 0 Å². The zero-order chi connectivity index (χ0) is 10.7. The number of hydrogen-bond acceptors (Lipinski definition) is 1. The quantitative estimate of drug-likeness (QED) is 0.787. The molecule has 0 saturated heterocycles. The van der Waals surface area contributed by atoms with Crippen molar-refractivity contribution in [3.8, 4) is 17.2 Å². The van der Waals surface area contributed by atoms with Crippen LogP contribution in [0.3, 0.4) is 0 Å². The Hall–Kier alpha value is -2.01.